The van der Waals surface area contributed by atoms with Crippen LogP contribution in [0.3, 0.4) is 0 Å². The normalized spacial score (nSPS) is 18.4. The van der Waals surface area contributed by atoms with Crippen LogP contribution in [0.25, 0.3) is 0 Å². The van der Waals surface area contributed by atoms with Gasteiger partial charge in [0.2, 0.25) is 11.8 Å². The Morgan fingerprint density at radius 2 is 1.90 bits per heavy atom. The molecule has 1 saturated heterocycles. The highest BCUT2D eigenvalue weighted by Crippen LogP contribution is 2.19. The maximum Gasteiger partial charge on any atom is 0.316 e. The molecule has 1 unspecified atom stereocenters. The smallest absolute Gasteiger partial charge is 0.316 e. The first-order chi connectivity index (χ1) is 9.32. The van der Waals surface area contributed by atoms with Crippen molar-refractivity contribution in [1.29, 1.82) is 0 Å². The number of hydrogen-bond acceptors (Lipinski definition) is 3. The number of likely N-dealkylation sites (tertiary alicyclic amines) is 1. The van der Waals surface area contributed by atoms with Gasteiger partial charge in [0, 0.05) is 46.2 Å². The Balaban J connectivity index is 2.27. The predicted octanol–water partition coefficient (Wildman–Crippen LogP) is -0.369. The maximum atomic E-state index is 11.9. The van der Waals surface area contributed by atoms with Crippen LogP contribution in [0.15, 0.2) is 0 Å². The third kappa shape index (κ3) is 4.40. The zero-order valence-electron chi connectivity index (χ0n) is 12.6. The molecule has 7 heteroatoms. The molecule has 0 bridgehead atoms. The molecule has 20 heavy (non-hydrogen) atoms. The molecule has 0 spiro atoms. The van der Waals surface area contributed by atoms with Crippen LogP contribution >= 0.6 is 0 Å². The maximum absolute atomic E-state index is 11.9. The molecule has 0 aromatic rings. The van der Waals surface area contributed by atoms with Gasteiger partial charge in [0.05, 0.1) is 5.92 Å². The summed E-state index contributed by atoms with van der Waals surface area (Å²) >= 11 is 0. The van der Waals surface area contributed by atoms with Crippen LogP contribution in [0, 0.1) is 5.92 Å². The fourth-order valence-corrected chi connectivity index (χ4v) is 2.06. The number of nitrogens with one attached hydrogen (secondary N) is 2. The van der Waals surface area contributed by atoms with E-state index in [-0.39, 0.29) is 36.2 Å². The molecule has 1 aliphatic heterocycles. The van der Waals surface area contributed by atoms with E-state index in [0.29, 0.717) is 19.6 Å². The molecule has 4 amide bonds. The summed E-state index contributed by atoms with van der Waals surface area (Å²) in [5.41, 5.74) is 0. The first-order valence-corrected chi connectivity index (χ1v) is 6.85. The van der Waals surface area contributed by atoms with Crippen LogP contribution in [0.1, 0.15) is 20.3 Å². The summed E-state index contributed by atoms with van der Waals surface area (Å²) in [6, 6.07) is -0.0686. The van der Waals surface area contributed by atoms with E-state index < -0.39 is 0 Å². The highest BCUT2D eigenvalue weighted by Gasteiger charge is 2.35. The average Bonchev–Trinajstić information content (AvgIpc) is 2.76. The van der Waals surface area contributed by atoms with Crippen LogP contribution in [0.2, 0.25) is 0 Å². The molecule has 0 aromatic carbocycles. The molecule has 1 rings (SSSR count). The number of rotatable bonds is 5. The van der Waals surface area contributed by atoms with E-state index in [0.717, 1.165) is 0 Å². The largest absolute Gasteiger partial charge is 0.354 e. The van der Waals surface area contributed by atoms with E-state index >= 15 is 0 Å². The molecule has 0 radical (unpaired) electrons. The molecular weight excluding hydrogens is 260 g/mol. The molecule has 1 fully saturated rings. The summed E-state index contributed by atoms with van der Waals surface area (Å²) in [5.74, 6) is -0.379. The lowest BCUT2D eigenvalue weighted by Gasteiger charge is -2.20. The predicted molar refractivity (Wildman–Crippen MR) is 75.1 cm³/mol. The molecule has 0 aliphatic carbocycles. The van der Waals surface area contributed by atoms with E-state index in [2.05, 4.69) is 10.6 Å². The van der Waals surface area contributed by atoms with Crippen LogP contribution < -0.4 is 10.6 Å². The zero-order valence-corrected chi connectivity index (χ0v) is 12.6. The van der Waals surface area contributed by atoms with Crippen LogP contribution in [0.5, 0.6) is 0 Å². The van der Waals surface area contributed by atoms with E-state index in [1.807, 2.05) is 13.8 Å². The average molecular weight is 284 g/mol. The van der Waals surface area contributed by atoms with Gasteiger partial charge in [-0.2, -0.15) is 0 Å². The minimum Gasteiger partial charge on any atom is -0.354 e. The molecule has 114 valence electrons. The van der Waals surface area contributed by atoms with Crippen LogP contribution in [-0.2, 0) is 9.59 Å². The molecule has 1 aliphatic rings. The number of carbonyl (C=O) groups excluding carboxylic acids is 3. The van der Waals surface area contributed by atoms with Gasteiger partial charge in [-0.1, -0.05) is 0 Å². The quantitative estimate of drug-likeness (QED) is 0.676. The Labute approximate surface area is 119 Å². The third-order valence-corrected chi connectivity index (χ3v) is 3.26. The molecule has 2 N–H and O–H groups in total. The van der Waals surface area contributed by atoms with Gasteiger partial charge >= 0.3 is 6.03 Å². The second-order valence-corrected chi connectivity index (χ2v) is 5.46. The van der Waals surface area contributed by atoms with Crippen molar-refractivity contribution >= 4 is 17.8 Å². The minimum absolute atomic E-state index is 0.0288. The number of urea groups is 1. The summed E-state index contributed by atoms with van der Waals surface area (Å²) in [5, 5.41) is 5.41. The first-order valence-electron chi connectivity index (χ1n) is 6.85. The van der Waals surface area contributed by atoms with Gasteiger partial charge < -0.3 is 20.4 Å². The minimum atomic E-state index is -0.283. The monoisotopic (exact) mass is 284 g/mol. The van der Waals surface area contributed by atoms with E-state index in [1.54, 1.807) is 19.0 Å². The Hall–Kier alpha value is -1.79. The zero-order chi connectivity index (χ0) is 15.3. The van der Waals surface area contributed by atoms with Crippen molar-refractivity contribution in [1.82, 2.24) is 20.4 Å². The van der Waals surface area contributed by atoms with Gasteiger partial charge in [-0.15, -0.1) is 0 Å². The van der Waals surface area contributed by atoms with Crippen LogP contribution in [-0.4, -0.2) is 67.4 Å². The Morgan fingerprint density at radius 1 is 1.30 bits per heavy atom. The highest BCUT2D eigenvalue weighted by molar-refractivity contribution is 5.89. The van der Waals surface area contributed by atoms with Crippen molar-refractivity contribution < 1.29 is 14.4 Å². The Kier molecular flexibility index (Phi) is 5.79. The lowest BCUT2D eigenvalue weighted by molar-refractivity contribution is -0.129. The summed E-state index contributed by atoms with van der Waals surface area (Å²) in [4.78, 5) is 38.0. The van der Waals surface area contributed by atoms with E-state index in [1.165, 1.54) is 4.90 Å². The number of amides is 4. The summed E-state index contributed by atoms with van der Waals surface area (Å²) in [6.07, 6.45) is 0.272. The second kappa shape index (κ2) is 7.12. The van der Waals surface area contributed by atoms with Crippen molar-refractivity contribution in [2.75, 3.05) is 33.7 Å². The standard InChI is InChI=1S/C13H24N4O3/c1-9(2)17-8-10(7-11(17)18)12(19)14-5-6-15-13(20)16(3)4/h9-10H,5-8H2,1-4H3,(H,14,19)(H,15,20). The SMILES string of the molecule is CC(C)N1CC(C(=O)NCCNC(=O)N(C)C)CC1=O. The van der Waals surface area contributed by atoms with E-state index in [9.17, 15) is 14.4 Å². The highest BCUT2D eigenvalue weighted by atomic mass is 16.2. The lowest BCUT2D eigenvalue weighted by atomic mass is 10.1. The number of hydrogen-bond donors (Lipinski definition) is 2. The third-order valence-electron chi connectivity index (χ3n) is 3.26. The molecule has 0 saturated carbocycles. The molecular formula is C13H24N4O3. The molecule has 0 aromatic heterocycles. The molecule has 1 heterocycles. The van der Waals surface area contributed by atoms with Gasteiger partial charge in [0.25, 0.3) is 0 Å². The first kappa shape index (κ1) is 16.3. The summed E-state index contributed by atoms with van der Waals surface area (Å²) in [6.45, 7) is 5.10. The van der Waals surface area contributed by atoms with Gasteiger partial charge in [0.15, 0.2) is 0 Å². The fraction of sp³-hybridized carbons (Fsp3) is 0.769. The summed E-state index contributed by atoms with van der Waals surface area (Å²) in [7, 11) is 3.30. The number of carbonyl (C=O) groups is 3. The number of nitrogens with zero attached hydrogens (tertiary/aromatic N) is 2. The second-order valence-electron chi connectivity index (χ2n) is 5.46. The van der Waals surface area contributed by atoms with Crippen molar-refractivity contribution in [3.05, 3.63) is 0 Å². The van der Waals surface area contributed by atoms with Gasteiger partial charge in [-0.3, -0.25) is 9.59 Å². The van der Waals surface area contributed by atoms with Crippen molar-refractivity contribution in [2.45, 2.75) is 26.3 Å². The molecule has 7 nitrogen and oxygen atoms in total. The van der Waals surface area contributed by atoms with Gasteiger partial charge in [0.1, 0.15) is 0 Å². The lowest BCUT2D eigenvalue weighted by Crippen LogP contribution is -2.41. The Morgan fingerprint density at radius 3 is 2.40 bits per heavy atom. The molecule has 1 atom stereocenters. The topological polar surface area (TPSA) is 81.8 Å². The Bertz CT molecular complexity index is 382. The van der Waals surface area contributed by atoms with Crippen molar-refractivity contribution in [3.63, 3.8) is 0 Å². The summed E-state index contributed by atoms with van der Waals surface area (Å²) < 4.78 is 0. The van der Waals surface area contributed by atoms with Crippen molar-refractivity contribution in [3.8, 4) is 0 Å². The fourth-order valence-electron chi connectivity index (χ4n) is 2.06. The van der Waals surface area contributed by atoms with Gasteiger partial charge in [-0.25, -0.2) is 4.79 Å². The van der Waals surface area contributed by atoms with Crippen LogP contribution in [0.4, 0.5) is 4.79 Å². The van der Waals surface area contributed by atoms with Crippen molar-refractivity contribution in [2.24, 2.45) is 5.92 Å². The van der Waals surface area contributed by atoms with E-state index in [4.69, 9.17) is 0 Å². The van der Waals surface area contributed by atoms with Gasteiger partial charge in [-0.05, 0) is 13.8 Å².